The molecule has 0 radical (unpaired) electrons. The SMILES string of the molecule is CC(C)CNC(=O)[C@H](Cc1ccccc1)N(Cc1ccc(Cl)cc1)C(=O)CN(c1ccc(Cl)cc1Cl)S(=O)(=O)c1ccccc1. The molecule has 2 amide bonds. The summed E-state index contributed by atoms with van der Waals surface area (Å²) in [5.41, 5.74) is 1.63. The van der Waals surface area contributed by atoms with E-state index in [0.717, 1.165) is 9.87 Å². The van der Waals surface area contributed by atoms with Gasteiger partial charge in [0.15, 0.2) is 0 Å². The van der Waals surface area contributed by atoms with Crippen LogP contribution in [-0.2, 0) is 32.6 Å². The summed E-state index contributed by atoms with van der Waals surface area (Å²) >= 11 is 18.8. The van der Waals surface area contributed by atoms with Crippen LogP contribution in [0.25, 0.3) is 0 Å². The fourth-order valence-electron chi connectivity index (χ4n) is 4.68. The highest BCUT2D eigenvalue weighted by Gasteiger charge is 2.35. The highest BCUT2D eigenvalue weighted by molar-refractivity contribution is 7.92. The monoisotopic (exact) mass is 685 g/mol. The molecule has 0 aliphatic carbocycles. The number of rotatable bonds is 13. The Hall–Kier alpha value is -3.56. The van der Waals surface area contributed by atoms with Gasteiger partial charge in [0, 0.05) is 29.6 Å². The molecule has 4 rings (SSSR count). The predicted molar refractivity (Wildman–Crippen MR) is 181 cm³/mol. The number of nitrogens with zero attached hydrogens (tertiary/aromatic N) is 2. The number of hydrogen-bond acceptors (Lipinski definition) is 4. The third-order valence-corrected chi connectivity index (χ3v) is 9.57. The lowest BCUT2D eigenvalue weighted by atomic mass is 10.0. The molecule has 236 valence electrons. The van der Waals surface area contributed by atoms with Gasteiger partial charge in [-0.2, -0.15) is 0 Å². The topological polar surface area (TPSA) is 86.8 Å². The van der Waals surface area contributed by atoms with Crippen molar-refractivity contribution in [2.75, 3.05) is 17.4 Å². The maximum Gasteiger partial charge on any atom is 0.264 e. The summed E-state index contributed by atoms with van der Waals surface area (Å²) in [7, 11) is -4.28. The summed E-state index contributed by atoms with van der Waals surface area (Å²) in [6.07, 6.45) is 0.206. The van der Waals surface area contributed by atoms with E-state index < -0.39 is 28.5 Å². The van der Waals surface area contributed by atoms with E-state index in [4.69, 9.17) is 34.8 Å². The van der Waals surface area contributed by atoms with Crippen molar-refractivity contribution in [1.82, 2.24) is 10.2 Å². The number of amides is 2. The minimum atomic E-state index is -4.28. The number of nitrogens with one attached hydrogen (secondary N) is 1. The fourth-order valence-corrected chi connectivity index (χ4v) is 6.82. The van der Waals surface area contributed by atoms with Gasteiger partial charge < -0.3 is 10.2 Å². The molecular weight excluding hydrogens is 653 g/mol. The molecule has 0 saturated carbocycles. The Bertz CT molecular complexity index is 1700. The zero-order valence-corrected chi connectivity index (χ0v) is 28.0. The first-order valence-corrected chi connectivity index (χ1v) is 16.9. The third-order valence-electron chi connectivity index (χ3n) is 7.01. The largest absolute Gasteiger partial charge is 0.354 e. The van der Waals surface area contributed by atoms with Crippen molar-refractivity contribution in [2.24, 2.45) is 5.92 Å². The van der Waals surface area contributed by atoms with Crippen LogP contribution in [0.1, 0.15) is 25.0 Å². The summed E-state index contributed by atoms with van der Waals surface area (Å²) in [5.74, 6) is -0.779. The highest BCUT2D eigenvalue weighted by Crippen LogP contribution is 2.33. The van der Waals surface area contributed by atoms with Crippen LogP contribution in [0.3, 0.4) is 0 Å². The Kier molecular flexibility index (Phi) is 11.9. The van der Waals surface area contributed by atoms with E-state index in [1.807, 2.05) is 44.2 Å². The zero-order valence-electron chi connectivity index (χ0n) is 24.9. The predicted octanol–water partition coefficient (Wildman–Crippen LogP) is 7.25. The number of anilines is 1. The zero-order chi connectivity index (χ0) is 32.6. The van der Waals surface area contributed by atoms with Crippen LogP contribution in [0.5, 0.6) is 0 Å². The van der Waals surface area contributed by atoms with Crippen molar-refractivity contribution in [2.45, 2.75) is 37.8 Å². The Balaban J connectivity index is 1.81. The Morgan fingerprint density at radius 3 is 1.98 bits per heavy atom. The summed E-state index contributed by atoms with van der Waals surface area (Å²) in [6.45, 7) is 3.75. The lowest BCUT2D eigenvalue weighted by Crippen LogP contribution is -2.53. The molecule has 0 aliphatic rings. The van der Waals surface area contributed by atoms with Gasteiger partial charge in [0.25, 0.3) is 10.0 Å². The summed E-state index contributed by atoms with van der Waals surface area (Å²) in [6, 6.07) is 27.5. The molecule has 7 nitrogen and oxygen atoms in total. The number of hydrogen-bond donors (Lipinski definition) is 1. The van der Waals surface area contributed by atoms with Gasteiger partial charge in [-0.15, -0.1) is 0 Å². The maximum absolute atomic E-state index is 14.5. The van der Waals surface area contributed by atoms with Crippen LogP contribution < -0.4 is 9.62 Å². The molecule has 0 aliphatic heterocycles. The van der Waals surface area contributed by atoms with E-state index in [0.29, 0.717) is 22.2 Å². The van der Waals surface area contributed by atoms with Crippen LogP contribution in [-0.4, -0.2) is 44.3 Å². The lowest BCUT2D eigenvalue weighted by molar-refractivity contribution is -0.140. The minimum Gasteiger partial charge on any atom is -0.354 e. The molecule has 1 atom stereocenters. The molecule has 0 aromatic heterocycles. The average Bonchev–Trinajstić information content (AvgIpc) is 3.02. The van der Waals surface area contributed by atoms with Gasteiger partial charge in [-0.05, 0) is 59.5 Å². The number of carbonyl (C=O) groups is 2. The Labute approximate surface area is 279 Å². The van der Waals surface area contributed by atoms with E-state index in [2.05, 4.69) is 5.32 Å². The second-order valence-electron chi connectivity index (χ2n) is 10.9. The number of carbonyl (C=O) groups excluding carboxylic acids is 2. The van der Waals surface area contributed by atoms with E-state index in [-0.39, 0.29) is 40.4 Å². The van der Waals surface area contributed by atoms with Gasteiger partial charge >= 0.3 is 0 Å². The van der Waals surface area contributed by atoms with E-state index in [1.165, 1.54) is 35.2 Å². The molecule has 4 aromatic rings. The van der Waals surface area contributed by atoms with Gasteiger partial charge in [0.1, 0.15) is 12.6 Å². The normalized spacial score (nSPS) is 12.0. The van der Waals surface area contributed by atoms with Crippen LogP contribution in [0.4, 0.5) is 5.69 Å². The smallest absolute Gasteiger partial charge is 0.264 e. The molecule has 0 heterocycles. The van der Waals surface area contributed by atoms with E-state index in [1.54, 1.807) is 42.5 Å². The molecule has 0 fully saturated rings. The van der Waals surface area contributed by atoms with E-state index >= 15 is 0 Å². The molecule has 1 N–H and O–H groups in total. The van der Waals surface area contributed by atoms with Crippen molar-refractivity contribution in [3.05, 3.63) is 129 Å². The van der Waals surface area contributed by atoms with Crippen LogP contribution in [0.2, 0.25) is 15.1 Å². The Morgan fingerprint density at radius 2 is 1.38 bits per heavy atom. The van der Waals surface area contributed by atoms with Crippen LogP contribution in [0.15, 0.2) is 108 Å². The minimum absolute atomic E-state index is 0.0240. The quantitative estimate of drug-likeness (QED) is 0.161. The number of halogens is 3. The van der Waals surface area contributed by atoms with Crippen molar-refractivity contribution >= 4 is 62.3 Å². The summed E-state index contributed by atoms with van der Waals surface area (Å²) in [4.78, 5) is 29.7. The first kappa shape index (κ1) is 34.3. The van der Waals surface area contributed by atoms with Crippen molar-refractivity contribution in [3.8, 4) is 0 Å². The first-order valence-electron chi connectivity index (χ1n) is 14.3. The Morgan fingerprint density at radius 1 is 0.778 bits per heavy atom. The third kappa shape index (κ3) is 9.23. The van der Waals surface area contributed by atoms with Gasteiger partial charge in [-0.3, -0.25) is 13.9 Å². The van der Waals surface area contributed by atoms with Crippen LogP contribution >= 0.6 is 34.8 Å². The van der Waals surface area contributed by atoms with Crippen molar-refractivity contribution in [3.63, 3.8) is 0 Å². The molecule has 4 aromatic carbocycles. The molecular formula is C34H34Cl3N3O4S. The van der Waals surface area contributed by atoms with E-state index in [9.17, 15) is 18.0 Å². The molecule has 0 bridgehead atoms. The molecule has 0 spiro atoms. The standard InChI is InChI=1S/C34H34Cl3N3O4S/c1-24(2)21-38-34(42)32(19-25-9-5-3-6-10-25)39(22-26-13-15-27(35)16-14-26)33(41)23-40(31-18-17-28(36)20-30(31)37)45(43,44)29-11-7-4-8-12-29/h3-18,20,24,32H,19,21-23H2,1-2H3,(H,38,42)/t32-/m0/s1. The first-order chi connectivity index (χ1) is 21.5. The highest BCUT2D eigenvalue weighted by atomic mass is 35.5. The maximum atomic E-state index is 14.5. The van der Waals surface area contributed by atoms with Crippen LogP contribution in [0, 0.1) is 5.92 Å². The second kappa shape index (κ2) is 15.6. The lowest BCUT2D eigenvalue weighted by Gasteiger charge is -2.34. The average molecular weight is 687 g/mol. The van der Waals surface area contributed by atoms with Crippen molar-refractivity contribution in [1.29, 1.82) is 0 Å². The molecule has 0 saturated heterocycles. The fraction of sp³-hybridized carbons (Fsp3) is 0.235. The number of benzene rings is 4. The molecule has 0 unspecified atom stereocenters. The number of sulfonamides is 1. The van der Waals surface area contributed by atoms with Gasteiger partial charge in [0.05, 0.1) is 15.6 Å². The van der Waals surface area contributed by atoms with Crippen molar-refractivity contribution < 1.29 is 18.0 Å². The summed E-state index contributed by atoms with van der Waals surface area (Å²) in [5, 5.41) is 3.84. The van der Waals surface area contributed by atoms with Gasteiger partial charge in [-0.25, -0.2) is 8.42 Å². The molecule has 11 heteroatoms. The second-order valence-corrected chi connectivity index (χ2v) is 14.1. The van der Waals surface area contributed by atoms with Gasteiger partial charge in [0.2, 0.25) is 11.8 Å². The van der Waals surface area contributed by atoms with Gasteiger partial charge in [-0.1, -0.05) is 109 Å². The summed E-state index contributed by atoms with van der Waals surface area (Å²) < 4.78 is 29.1. The molecule has 45 heavy (non-hydrogen) atoms.